The Kier molecular flexibility index (Phi) is 3.98. The second-order valence-electron chi connectivity index (χ2n) is 3.34. The first-order valence-electron chi connectivity index (χ1n) is 5.24. The smallest absolute Gasteiger partial charge is 0.107 e. The average molecular weight is 250 g/mol. The van der Waals surface area contributed by atoms with E-state index in [1.807, 2.05) is 6.20 Å². The van der Waals surface area contributed by atoms with Gasteiger partial charge in [-0.25, -0.2) is 4.98 Å². The first kappa shape index (κ1) is 11.6. The molecule has 16 heavy (non-hydrogen) atoms. The molecule has 4 heteroatoms. The highest BCUT2D eigenvalue weighted by Gasteiger charge is 2.05. The molecule has 0 saturated heterocycles. The van der Waals surface area contributed by atoms with Crippen molar-refractivity contribution in [3.8, 4) is 0 Å². The molecule has 0 fully saturated rings. The monoisotopic (exact) mass is 250 g/mol. The summed E-state index contributed by atoms with van der Waals surface area (Å²) in [5, 5.41) is 0.997. The van der Waals surface area contributed by atoms with E-state index in [1.165, 1.54) is 14.7 Å². The van der Waals surface area contributed by atoms with Crippen LogP contribution in [0.5, 0.6) is 0 Å². The van der Waals surface area contributed by atoms with Gasteiger partial charge in [-0.05, 0) is 18.1 Å². The van der Waals surface area contributed by atoms with Crippen molar-refractivity contribution in [2.45, 2.75) is 29.0 Å². The SMILES string of the molecule is CCc1ccccc1Sc1cnc(CN)s1. The van der Waals surface area contributed by atoms with Crippen molar-refractivity contribution in [3.63, 3.8) is 0 Å². The number of aromatic nitrogens is 1. The lowest BCUT2D eigenvalue weighted by Gasteiger charge is -2.04. The van der Waals surface area contributed by atoms with E-state index >= 15 is 0 Å². The highest BCUT2D eigenvalue weighted by atomic mass is 32.2. The molecule has 0 spiro atoms. The van der Waals surface area contributed by atoms with Crippen LogP contribution in [0.25, 0.3) is 0 Å². The number of benzene rings is 1. The van der Waals surface area contributed by atoms with Crippen molar-refractivity contribution in [1.82, 2.24) is 4.98 Å². The number of nitrogens with two attached hydrogens (primary N) is 1. The zero-order valence-corrected chi connectivity index (χ0v) is 10.8. The van der Waals surface area contributed by atoms with Gasteiger partial charge in [0.05, 0.1) is 10.4 Å². The molecule has 0 unspecified atom stereocenters. The molecule has 0 aliphatic heterocycles. The first-order valence-corrected chi connectivity index (χ1v) is 6.87. The molecular formula is C12H14N2S2. The highest BCUT2D eigenvalue weighted by molar-refractivity contribution is 8.01. The maximum Gasteiger partial charge on any atom is 0.107 e. The third-order valence-electron chi connectivity index (χ3n) is 2.27. The van der Waals surface area contributed by atoms with E-state index < -0.39 is 0 Å². The summed E-state index contributed by atoms with van der Waals surface area (Å²) >= 11 is 3.45. The van der Waals surface area contributed by atoms with Gasteiger partial charge >= 0.3 is 0 Å². The summed E-state index contributed by atoms with van der Waals surface area (Å²) in [6.45, 7) is 2.71. The van der Waals surface area contributed by atoms with Gasteiger partial charge in [0.1, 0.15) is 5.01 Å². The Morgan fingerprint density at radius 2 is 2.19 bits per heavy atom. The van der Waals surface area contributed by atoms with Crippen LogP contribution in [-0.2, 0) is 13.0 Å². The lowest BCUT2D eigenvalue weighted by Crippen LogP contribution is -1.93. The number of thiazole rings is 1. The summed E-state index contributed by atoms with van der Waals surface area (Å²) in [5.41, 5.74) is 6.94. The molecular weight excluding hydrogens is 236 g/mol. The van der Waals surface area contributed by atoms with Crippen LogP contribution in [0, 0.1) is 0 Å². The maximum absolute atomic E-state index is 5.55. The molecule has 2 rings (SSSR count). The molecule has 1 aromatic carbocycles. The number of nitrogens with zero attached hydrogens (tertiary/aromatic N) is 1. The summed E-state index contributed by atoms with van der Waals surface area (Å²) < 4.78 is 1.21. The summed E-state index contributed by atoms with van der Waals surface area (Å²) in [6.07, 6.45) is 2.97. The molecule has 84 valence electrons. The molecule has 2 N–H and O–H groups in total. The van der Waals surface area contributed by atoms with Crippen molar-refractivity contribution < 1.29 is 0 Å². The van der Waals surface area contributed by atoms with Crippen LogP contribution in [-0.4, -0.2) is 4.98 Å². The van der Waals surface area contributed by atoms with Gasteiger partial charge in [-0.15, -0.1) is 11.3 Å². The van der Waals surface area contributed by atoms with Gasteiger partial charge in [0.25, 0.3) is 0 Å². The molecule has 1 aromatic heterocycles. The average Bonchev–Trinajstić information content (AvgIpc) is 2.77. The minimum atomic E-state index is 0.528. The molecule has 0 atom stereocenters. The Morgan fingerprint density at radius 1 is 1.38 bits per heavy atom. The van der Waals surface area contributed by atoms with Crippen molar-refractivity contribution in [3.05, 3.63) is 41.0 Å². The van der Waals surface area contributed by atoms with Crippen LogP contribution < -0.4 is 5.73 Å². The van der Waals surface area contributed by atoms with Crippen LogP contribution >= 0.6 is 23.1 Å². The fourth-order valence-corrected chi connectivity index (χ4v) is 3.50. The number of aryl methyl sites for hydroxylation is 1. The second kappa shape index (κ2) is 5.48. The Balaban J connectivity index is 2.19. The Bertz CT molecular complexity index is 466. The van der Waals surface area contributed by atoms with Gasteiger partial charge in [0, 0.05) is 11.4 Å². The third-order valence-corrected chi connectivity index (χ3v) is 4.51. The molecule has 2 nitrogen and oxygen atoms in total. The van der Waals surface area contributed by atoms with Gasteiger partial charge in [-0.1, -0.05) is 36.9 Å². The predicted molar refractivity (Wildman–Crippen MR) is 69.9 cm³/mol. The van der Waals surface area contributed by atoms with Crippen molar-refractivity contribution in [2.75, 3.05) is 0 Å². The van der Waals surface area contributed by atoms with Crippen molar-refractivity contribution >= 4 is 23.1 Å². The molecule has 0 radical (unpaired) electrons. The second-order valence-corrected chi connectivity index (χ2v) is 5.80. The van der Waals surface area contributed by atoms with Gasteiger partial charge in [0.2, 0.25) is 0 Å². The van der Waals surface area contributed by atoms with Gasteiger partial charge in [-0.3, -0.25) is 0 Å². The minimum Gasteiger partial charge on any atom is -0.325 e. The van der Waals surface area contributed by atoms with Crippen LogP contribution in [0.3, 0.4) is 0 Å². The topological polar surface area (TPSA) is 38.9 Å². The van der Waals surface area contributed by atoms with E-state index in [0.717, 1.165) is 11.4 Å². The van der Waals surface area contributed by atoms with E-state index in [4.69, 9.17) is 5.73 Å². The summed E-state index contributed by atoms with van der Waals surface area (Å²) in [7, 11) is 0. The molecule has 2 aromatic rings. The summed E-state index contributed by atoms with van der Waals surface area (Å²) in [4.78, 5) is 5.58. The quantitative estimate of drug-likeness (QED) is 0.904. The molecule has 0 saturated carbocycles. The largest absolute Gasteiger partial charge is 0.325 e. The van der Waals surface area contributed by atoms with Crippen LogP contribution in [0.15, 0.2) is 39.6 Å². The zero-order valence-electron chi connectivity index (χ0n) is 9.14. The first-order chi connectivity index (χ1) is 7.83. The third kappa shape index (κ3) is 2.64. The van der Waals surface area contributed by atoms with Crippen LogP contribution in [0.1, 0.15) is 17.5 Å². The molecule has 0 aliphatic carbocycles. The van der Waals surface area contributed by atoms with Crippen LogP contribution in [0.4, 0.5) is 0 Å². The zero-order chi connectivity index (χ0) is 11.4. The van der Waals surface area contributed by atoms with E-state index in [1.54, 1.807) is 23.1 Å². The number of rotatable bonds is 4. The minimum absolute atomic E-state index is 0.528. The van der Waals surface area contributed by atoms with Crippen molar-refractivity contribution in [2.24, 2.45) is 5.73 Å². The van der Waals surface area contributed by atoms with Gasteiger partial charge in [0.15, 0.2) is 0 Å². The predicted octanol–water partition coefficient (Wildman–Crippen LogP) is 3.32. The standard InChI is InChI=1S/C12H14N2S2/c1-2-9-5-3-4-6-10(9)15-12-8-14-11(7-13)16-12/h3-6,8H,2,7,13H2,1H3. The van der Waals surface area contributed by atoms with E-state index in [-0.39, 0.29) is 0 Å². The Hall–Kier alpha value is -0.840. The fourth-order valence-electron chi connectivity index (χ4n) is 1.44. The highest BCUT2D eigenvalue weighted by Crippen LogP contribution is 2.34. The van der Waals surface area contributed by atoms with Crippen molar-refractivity contribution in [1.29, 1.82) is 0 Å². The van der Waals surface area contributed by atoms with Gasteiger partial charge < -0.3 is 5.73 Å². The van der Waals surface area contributed by atoms with E-state index in [0.29, 0.717) is 6.54 Å². The maximum atomic E-state index is 5.55. The van der Waals surface area contributed by atoms with Crippen LogP contribution in [0.2, 0.25) is 0 Å². The molecule has 0 bridgehead atoms. The Labute approximate surface area is 104 Å². The molecule has 0 aliphatic rings. The Morgan fingerprint density at radius 3 is 2.88 bits per heavy atom. The lowest BCUT2D eigenvalue weighted by molar-refractivity contribution is 1.04. The lowest BCUT2D eigenvalue weighted by atomic mass is 10.2. The number of hydrogen-bond acceptors (Lipinski definition) is 4. The summed E-state index contributed by atoms with van der Waals surface area (Å²) in [5.74, 6) is 0. The van der Waals surface area contributed by atoms with Gasteiger partial charge in [-0.2, -0.15) is 0 Å². The number of hydrogen-bond donors (Lipinski definition) is 1. The molecule has 1 heterocycles. The fraction of sp³-hybridized carbons (Fsp3) is 0.250. The van der Waals surface area contributed by atoms with E-state index in [2.05, 4.69) is 36.2 Å². The summed E-state index contributed by atoms with van der Waals surface area (Å²) in [6, 6.07) is 8.49. The molecule has 0 amide bonds. The van der Waals surface area contributed by atoms with E-state index in [9.17, 15) is 0 Å². The normalized spacial score (nSPS) is 10.6.